The van der Waals surface area contributed by atoms with Gasteiger partial charge in [0.25, 0.3) is 11.4 Å². The van der Waals surface area contributed by atoms with E-state index < -0.39 is 9.85 Å². The SMILES string of the molecule is O=[N+]([O-])c1ccc(COc2ccc(/C=N/Nc3ccc([N+](=O)[O-])cn3)cc2I)cc1. The molecule has 0 atom stereocenters. The molecule has 0 saturated carbocycles. The van der Waals surface area contributed by atoms with Gasteiger partial charge in [-0.3, -0.25) is 25.7 Å². The molecule has 0 aliphatic rings. The Hall–Kier alpha value is -3.61. The predicted octanol–water partition coefficient (Wildman–Crippen LogP) is 4.53. The molecule has 0 bridgehead atoms. The number of benzene rings is 2. The van der Waals surface area contributed by atoms with Gasteiger partial charge >= 0.3 is 0 Å². The van der Waals surface area contributed by atoms with Crippen molar-refractivity contribution in [2.75, 3.05) is 5.43 Å². The fourth-order valence-electron chi connectivity index (χ4n) is 2.32. The summed E-state index contributed by atoms with van der Waals surface area (Å²) in [5.41, 5.74) is 4.29. The van der Waals surface area contributed by atoms with Crippen molar-refractivity contribution in [1.82, 2.24) is 4.98 Å². The highest BCUT2D eigenvalue weighted by Crippen LogP contribution is 2.23. The Bertz CT molecular complexity index is 1090. The lowest BCUT2D eigenvalue weighted by molar-refractivity contribution is -0.385. The summed E-state index contributed by atoms with van der Waals surface area (Å²) in [4.78, 5) is 24.2. The summed E-state index contributed by atoms with van der Waals surface area (Å²) in [6.07, 6.45) is 2.74. The second-order valence-electron chi connectivity index (χ2n) is 5.93. The van der Waals surface area contributed by atoms with Crippen molar-refractivity contribution >= 4 is 46.0 Å². The molecule has 0 amide bonds. The van der Waals surface area contributed by atoms with Gasteiger partial charge in [-0.15, -0.1) is 0 Å². The van der Waals surface area contributed by atoms with Crippen molar-refractivity contribution in [3.8, 4) is 5.75 Å². The minimum atomic E-state index is -0.521. The Morgan fingerprint density at radius 3 is 2.33 bits per heavy atom. The molecule has 11 heteroatoms. The van der Waals surface area contributed by atoms with E-state index in [4.69, 9.17) is 4.74 Å². The third-order valence-corrected chi connectivity index (χ3v) is 4.69. The number of halogens is 1. The number of non-ortho nitro benzene ring substituents is 1. The largest absolute Gasteiger partial charge is 0.488 e. The molecule has 30 heavy (non-hydrogen) atoms. The van der Waals surface area contributed by atoms with Crippen LogP contribution in [0.25, 0.3) is 0 Å². The highest BCUT2D eigenvalue weighted by molar-refractivity contribution is 14.1. The van der Waals surface area contributed by atoms with Crippen molar-refractivity contribution in [2.24, 2.45) is 5.10 Å². The van der Waals surface area contributed by atoms with Crippen molar-refractivity contribution in [3.05, 3.63) is 95.7 Å². The number of nitrogens with zero attached hydrogens (tertiary/aromatic N) is 4. The first-order valence-corrected chi connectivity index (χ1v) is 9.55. The van der Waals surface area contributed by atoms with Gasteiger partial charge in [0.15, 0.2) is 0 Å². The van der Waals surface area contributed by atoms with E-state index in [1.165, 1.54) is 24.3 Å². The topological polar surface area (TPSA) is 133 Å². The molecule has 0 aliphatic heterocycles. The smallest absolute Gasteiger partial charge is 0.287 e. The van der Waals surface area contributed by atoms with E-state index in [1.807, 2.05) is 12.1 Å². The van der Waals surface area contributed by atoms with Gasteiger partial charge in [0.2, 0.25) is 0 Å². The fourth-order valence-corrected chi connectivity index (χ4v) is 3.02. The van der Waals surface area contributed by atoms with E-state index in [0.717, 1.165) is 20.9 Å². The lowest BCUT2D eigenvalue weighted by Crippen LogP contribution is -1.98. The second kappa shape index (κ2) is 9.73. The number of nitrogens with one attached hydrogen (secondary N) is 1. The Morgan fingerprint density at radius 1 is 1.03 bits per heavy atom. The number of hydrogen-bond acceptors (Lipinski definition) is 8. The van der Waals surface area contributed by atoms with Crippen molar-refractivity contribution in [3.63, 3.8) is 0 Å². The van der Waals surface area contributed by atoms with Gasteiger partial charge in [0.05, 0.1) is 19.6 Å². The van der Waals surface area contributed by atoms with E-state index in [1.54, 1.807) is 24.4 Å². The van der Waals surface area contributed by atoms with Crippen LogP contribution in [0.15, 0.2) is 65.9 Å². The number of nitro benzene ring substituents is 1. The third kappa shape index (κ3) is 5.70. The van der Waals surface area contributed by atoms with E-state index in [0.29, 0.717) is 11.6 Å². The molecule has 0 fully saturated rings. The normalized spacial score (nSPS) is 10.7. The van der Waals surface area contributed by atoms with Crippen LogP contribution in [0, 0.1) is 23.8 Å². The van der Waals surface area contributed by atoms with Gasteiger partial charge in [-0.25, -0.2) is 4.98 Å². The van der Waals surface area contributed by atoms with Crippen LogP contribution in [0.2, 0.25) is 0 Å². The third-order valence-electron chi connectivity index (χ3n) is 3.85. The van der Waals surface area contributed by atoms with Crippen LogP contribution < -0.4 is 10.2 Å². The number of anilines is 1. The zero-order valence-electron chi connectivity index (χ0n) is 15.3. The summed E-state index contributed by atoms with van der Waals surface area (Å²) in [5.74, 6) is 1.06. The van der Waals surface area contributed by atoms with Gasteiger partial charge in [-0.1, -0.05) is 0 Å². The molecule has 0 radical (unpaired) electrons. The Kier molecular flexibility index (Phi) is 6.85. The quantitative estimate of drug-likeness (QED) is 0.200. The maximum absolute atomic E-state index is 10.7. The summed E-state index contributed by atoms with van der Waals surface area (Å²) >= 11 is 2.14. The fraction of sp³-hybridized carbons (Fsp3) is 0.0526. The number of hydrogen-bond donors (Lipinski definition) is 1. The van der Waals surface area contributed by atoms with Gasteiger partial charge in [-0.2, -0.15) is 5.10 Å². The highest BCUT2D eigenvalue weighted by Gasteiger charge is 2.07. The molecule has 10 nitrogen and oxygen atoms in total. The number of nitro groups is 2. The van der Waals surface area contributed by atoms with Gasteiger partial charge in [-0.05, 0) is 70.1 Å². The van der Waals surface area contributed by atoms with Crippen LogP contribution in [-0.2, 0) is 6.61 Å². The molecule has 0 spiro atoms. The highest BCUT2D eigenvalue weighted by atomic mass is 127. The van der Waals surface area contributed by atoms with Crippen molar-refractivity contribution in [1.29, 1.82) is 0 Å². The Morgan fingerprint density at radius 2 is 1.73 bits per heavy atom. The molecule has 3 rings (SSSR count). The predicted molar refractivity (Wildman–Crippen MR) is 119 cm³/mol. The molecule has 2 aromatic carbocycles. The van der Waals surface area contributed by atoms with E-state index in [-0.39, 0.29) is 18.0 Å². The van der Waals surface area contributed by atoms with Crippen LogP contribution in [0.4, 0.5) is 17.2 Å². The van der Waals surface area contributed by atoms with Crippen LogP contribution >= 0.6 is 22.6 Å². The summed E-state index contributed by atoms with van der Waals surface area (Å²) < 4.78 is 6.65. The zero-order valence-corrected chi connectivity index (χ0v) is 17.4. The summed E-state index contributed by atoms with van der Waals surface area (Å²) in [6.45, 7) is 0.287. The minimum absolute atomic E-state index is 0.0366. The molecule has 0 saturated heterocycles. The number of hydrazone groups is 1. The van der Waals surface area contributed by atoms with Crippen molar-refractivity contribution in [2.45, 2.75) is 6.61 Å². The van der Waals surface area contributed by atoms with Gasteiger partial charge in [0.1, 0.15) is 24.4 Å². The average molecular weight is 519 g/mol. The molecule has 152 valence electrons. The molecular formula is C19H14IN5O5. The molecular weight excluding hydrogens is 505 g/mol. The standard InChI is InChI=1S/C19H14IN5O5/c20-17-9-14(10-22-23-19-8-6-16(11-21-19)25(28)29)3-7-18(17)30-12-13-1-4-15(5-2-13)24(26)27/h1-11H,12H2,(H,21,23)/b22-10+. The Balaban J connectivity index is 1.57. The lowest BCUT2D eigenvalue weighted by Gasteiger charge is -2.09. The molecule has 0 aliphatic carbocycles. The zero-order chi connectivity index (χ0) is 21.5. The lowest BCUT2D eigenvalue weighted by atomic mass is 10.2. The maximum atomic E-state index is 10.7. The number of rotatable bonds is 8. The molecule has 1 N–H and O–H groups in total. The summed E-state index contributed by atoms with van der Waals surface area (Å²) in [5, 5.41) is 25.4. The first kappa shape index (κ1) is 21.1. The first-order valence-electron chi connectivity index (χ1n) is 8.47. The molecule has 1 heterocycles. The minimum Gasteiger partial charge on any atom is -0.488 e. The van der Waals surface area contributed by atoms with E-state index in [2.05, 4.69) is 38.1 Å². The van der Waals surface area contributed by atoms with Gasteiger partial charge in [0, 0.05) is 18.2 Å². The molecule has 0 unspecified atom stereocenters. The summed E-state index contributed by atoms with van der Waals surface area (Å²) in [6, 6.07) is 14.5. The molecule has 1 aromatic heterocycles. The second-order valence-corrected chi connectivity index (χ2v) is 7.09. The average Bonchev–Trinajstić information content (AvgIpc) is 2.74. The van der Waals surface area contributed by atoms with Gasteiger partial charge < -0.3 is 4.74 Å². The number of aromatic nitrogens is 1. The number of ether oxygens (including phenoxy) is 1. The Labute approximate surface area is 184 Å². The summed E-state index contributed by atoms with van der Waals surface area (Å²) in [7, 11) is 0. The maximum Gasteiger partial charge on any atom is 0.287 e. The van der Waals surface area contributed by atoms with E-state index >= 15 is 0 Å². The number of pyridine rings is 1. The van der Waals surface area contributed by atoms with Crippen molar-refractivity contribution < 1.29 is 14.6 Å². The molecule has 3 aromatic rings. The monoisotopic (exact) mass is 519 g/mol. The first-order chi connectivity index (χ1) is 14.4. The van der Waals surface area contributed by atoms with Crippen LogP contribution in [0.1, 0.15) is 11.1 Å². The van der Waals surface area contributed by atoms with E-state index in [9.17, 15) is 20.2 Å². The van der Waals surface area contributed by atoms with Crippen LogP contribution in [0.5, 0.6) is 5.75 Å². The van der Waals surface area contributed by atoms with Crippen LogP contribution in [0.3, 0.4) is 0 Å². The van der Waals surface area contributed by atoms with Crippen LogP contribution in [-0.4, -0.2) is 21.0 Å².